The standard InChI is InChI=1S/C13H15ClN4O3/c1-19-6-5-11-16-12(21-17-11)8-20-18-13(15)9-3-2-4-10(14)7-9/h2-4,7H,5-6,8H2,1H3,(H2,15,18). The van der Waals surface area contributed by atoms with Crippen LogP contribution in [0.1, 0.15) is 17.3 Å². The highest BCUT2D eigenvalue weighted by Crippen LogP contribution is 2.10. The maximum absolute atomic E-state index is 5.87. The fourth-order valence-corrected chi connectivity index (χ4v) is 1.69. The van der Waals surface area contributed by atoms with E-state index in [9.17, 15) is 0 Å². The van der Waals surface area contributed by atoms with E-state index >= 15 is 0 Å². The van der Waals surface area contributed by atoms with Crippen LogP contribution in [0.4, 0.5) is 0 Å². The van der Waals surface area contributed by atoms with Gasteiger partial charge in [0, 0.05) is 24.1 Å². The van der Waals surface area contributed by atoms with Crippen molar-refractivity contribution in [3.8, 4) is 0 Å². The second-order valence-corrected chi connectivity index (χ2v) is 4.54. The summed E-state index contributed by atoms with van der Waals surface area (Å²) < 4.78 is 9.92. The molecular formula is C13H15ClN4O3. The number of rotatable bonds is 7. The minimum absolute atomic E-state index is 0.0429. The van der Waals surface area contributed by atoms with Crippen LogP contribution in [0.15, 0.2) is 33.9 Å². The number of amidine groups is 1. The van der Waals surface area contributed by atoms with Crippen molar-refractivity contribution in [2.75, 3.05) is 13.7 Å². The van der Waals surface area contributed by atoms with Gasteiger partial charge in [0.15, 0.2) is 18.3 Å². The van der Waals surface area contributed by atoms with Crippen molar-refractivity contribution in [1.82, 2.24) is 10.1 Å². The molecule has 1 heterocycles. The molecule has 2 rings (SSSR count). The van der Waals surface area contributed by atoms with E-state index in [2.05, 4.69) is 15.3 Å². The number of halogens is 1. The van der Waals surface area contributed by atoms with E-state index < -0.39 is 0 Å². The van der Waals surface area contributed by atoms with E-state index in [-0.39, 0.29) is 12.4 Å². The number of nitrogens with zero attached hydrogens (tertiary/aromatic N) is 3. The predicted molar refractivity (Wildman–Crippen MR) is 76.8 cm³/mol. The molecule has 0 saturated carbocycles. The Bertz CT molecular complexity index is 615. The summed E-state index contributed by atoms with van der Waals surface area (Å²) in [5.41, 5.74) is 6.46. The van der Waals surface area contributed by atoms with Gasteiger partial charge in [-0.2, -0.15) is 4.98 Å². The van der Waals surface area contributed by atoms with E-state index in [1.165, 1.54) is 0 Å². The Kier molecular flexibility index (Phi) is 5.53. The molecule has 0 spiro atoms. The average molecular weight is 311 g/mol. The number of nitrogens with two attached hydrogens (primary N) is 1. The Morgan fingerprint density at radius 3 is 3.10 bits per heavy atom. The second-order valence-electron chi connectivity index (χ2n) is 4.11. The molecule has 2 aromatic rings. The maximum Gasteiger partial charge on any atom is 0.267 e. The lowest BCUT2D eigenvalue weighted by atomic mass is 10.2. The Labute approximate surface area is 126 Å². The lowest BCUT2D eigenvalue weighted by Crippen LogP contribution is -2.13. The van der Waals surface area contributed by atoms with E-state index in [0.29, 0.717) is 35.3 Å². The largest absolute Gasteiger partial charge is 0.384 e. The van der Waals surface area contributed by atoms with Gasteiger partial charge in [-0.3, -0.25) is 0 Å². The molecule has 1 aromatic carbocycles. The number of benzene rings is 1. The SMILES string of the molecule is COCCc1noc(CON=C(N)c2cccc(Cl)c2)n1. The smallest absolute Gasteiger partial charge is 0.267 e. The van der Waals surface area contributed by atoms with Crippen LogP contribution in [-0.2, 0) is 22.6 Å². The van der Waals surface area contributed by atoms with Crippen LogP contribution in [0.2, 0.25) is 5.02 Å². The number of oxime groups is 1. The fourth-order valence-electron chi connectivity index (χ4n) is 1.50. The molecule has 7 nitrogen and oxygen atoms in total. The van der Waals surface area contributed by atoms with Crippen LogP contribution >= 0.6 is 11.6 Å². The third-order valence-electron chi connectivity index (χ3n) is 2.51. The molecule has 112 valence electrons. The van der Waals surface area contributed by atoms with Crippen molar-refractivity contribution in [1.29, 1.82) is 0 Å². The topological polar surface area (TPSA) is 95.8 Å². The highest BCUT2D eigenvalue weighted by atomic mass is 35.5. The lowest BCUT2D eigenvalue weighted by Gasteiger charge is -2.00. The van der Waals surface area contributed by atoms with Gasteiger partial charge >= 0.3 is 0 Å². The first-order valence-electron chi connectivity index (χ1n) is 6.21. The molecule has 8 heteroatoms. The Morgan fingerprint density at radius 2 is 2.33 bits per heavy atom. The fraction of sp³-hybridized carbons (Fsp3) is 0.308. The molecule has 0 bridgehead atoms. The van der Waals surface area contributed by atoms with Crippen LogP contribution in [0, 0.1) is 0 Å². The third-order valence-corrected chi connectivity index (χ3v) is 2.75. The van der Waals surface area contributed by atoms with Gasteiger partial charge in [-0.05, 0) is 12.1 Å². The van der Waals surface area contributed by atoms with Crippen molar-refractivity contribution in [3.63, 3.8) is 0 Å². The summed E-state index contributed by atoms with van der Waals surface area (Å²) in [6.07, 6.45) is 0.577. The van der Waals surface area contributed by atoms with Crippen molar-refractivity contribution >= 4 is 17.4 Å². The normalized spacial score (nSPS) is 11.6. The van der Waals surface area contributed by atoms with Crippen molar-refractivity contribution < 1.29 is 14.1 Å². The van der Waals surface area contributed by atoms with Crippen LogP contribution in [0.3, 0.4) is 0 Å². The van der Waals surface area contributed by atoms with E-state index in [0.717, 1.165) is 0 Å². The minimum atomic E-state index is 0.0429. The van der Waals surface area contributed by atoms with Crippen LogP contribution in [-0.4, -0.2) is 29.7 Å². The molecule has 0 amide bonds. The maximum atomic E-state index is 5.87. The highest BCUT2D eigenvalue weighted by Gasteiger charge is 2.07. The molecule has 0 fully saturated rings. The molecule has 0 radical (unpaired) electrons. The summed E-state index contributed by atoms with van der Waals surface area (Å²) >= 11 is 5.87. The van der Waals surface area contributed by atoms with Gasteiger partial charge in [-0.1, -0.05) is 34.0 Å². The molecule has 2 N–H and O–H groups in total. The first-order chi connectivity index (χ1) is 10.2. The lowest BCUT2D eigenvalue weighted by molar-refractivity contribution is 0.105. The first kappa shape index (κ1) is 15.3. The summed E-state index contributed by atoms with van der Waals surface area (Å²) in [4.78, 5) is 9.20. The third kappa shape index (κ3) is 4.73. The summed E-state index contributed by atoms with van der Waals surface area (Å²) in [7, 11) is 1.61. The molecular weight excluding hydrogens is 296 g/mol. The predicted octanol–water partition coefficient (Wildman–Crippen LogP) is 1.75. The quantitative estimate of drug-likeness (QED) is 0.475. The van der Waals surface area contributed by atoms with Gasteiger partial charge in [0.25, 0.3) is 5.89 Å². The summed E-state index contributed by atoms with van der Waals surface area (Å²) in [6, 6.07) is 7.00. The van der Waals surface area contributed by atoms with E-state index in [1.54, 1.807) is 31.4 Å². The molecule has 0 aliphatic rings. The Balaban J connectivity index is 1.88. The zero-order valence-corrected chi connectivity index (χ0v) is 12.2. The highest BCUT2D eigenvalue weighted by molar-refractivity contribution is 6.31. The second kappa shape index (κ2) is 7.61. The van der Waals surface area contributed by atoms with Gasteiger partial charge in [0.1, 0.15) is 0 Å². The minimum Gasteiger partial charge on any atom is -0.384 e. The van der Waals surface area contributed by atoms with Gasteiger partial charge in [0.2, 0.25) is 0 Å². The van der Waals surface area contributed by atoms with Gasteiger partial charge in [-0.15, -0.1) is 0 Å². The summed E-state index contributed by atoms with van der Waals surface area (Å²) in [5, 5.41) is 8.14. The number of aromatic nitrogens is 2. The van der Waals surface area contributed by atoms with Gasteiger partial charge < -0.3 is 19.8 Å². The molecule has 0 atom stereocenters. The number of hydrogen-bond acceptors (Lipinski definition) is 6. The van der Waals surface area contributed by atoms with Crippen molar-refractivity contribution in [3.05, 3.63) is 46.6 Å². The molecule has 0 unspecified atom stereocenters. The molecule has 0 aliphatic heterocycles. The molecule has 0 saturated heterocycles. The monoisotopic (exact) mass is 310 g/mol. The molecule has 21 heavy (non-hydrogen) atoms. The molecule has 1 aromatic heterocycles. The average Bonchev–Trinajstić information content (AvgIpc) is 2.93. The van der Waals surface area contributed by atoms with Gasteiger partial charge in [0.05, 0.1) is 6.61 Å². The Morgan fingerprint density at radius 1 is 1.48 bits per heavy atom. The van der Waals surface area contributed by atoms with Crippen LogP contribution in [0.5, 0.6) is 0 Å². The van der Waals surface area contributed by atoms with E-state index in [1.807, 2.05) is 0 Å². The van der Waals surface area contributed by atoms with Crippen LogP contribution < -0.4 is 5.73 Å². The Hall–Kier alpha value is -2.12. The number of ether oxygens (including phenoxy) is 1. The zero-order valence-electron chi connectivity index (χ0n) is 11.5. The van der Waals surface area contributed by atoms with Crippen molar-refractivity contribution in [2.24, 2.45) is 10.9 Å². The summed E-state index contributed by atoms with van der Waals surface area (Å²) in [5.74, 6) is 1.10. The van der Waals surface area contributed by atoms with Crippen LogP contribution in [0.25, 0.3) is 0 Å². The first-order valence-corrected chi connectivity index (χ1v) is 6.58. The molecule has 0 aliphatic carbocycles. The number of hydrogen-bond donors (Lipinski definition) is 1. The van der Waals surface area contributed by atoms with Gasteiger partial charge in [-0.25, -0.2) is 0 Å². The number of methoxy groups -OCH3 is 1. The zero-order chi connectivity index (χ0) is 15.1. The van der Waals surface area contributed by atoms with Crippen molar-refractivity contribution in [2.45, 2.75) is 13.0 Å². The summed E-state index contributed by atoms with van der Waals surface area (Å²) in [6.45, 7) is 0.570. The van der Waals surface area contributed by atoms with E-state index in [4.69, 9.17) is 31.4 Å².